The molecule has 1 N–H and O–H groups in total. The second-order valence-electron chi connectivity index (χ2n) is 8.13. The van der Waals surface area contributed by atoms with E-state index < -0.39 is 0 Å². The highest BCUT2D eigenvalue weighted by molar-refractivity contribution is 7.17. The molecule has 0 radical (unpaired) electrons. The SMILES string of the molecule is Cc1nc(-c2ccsc2)sc1C(=O)NC1CC2CCC(C1)N2Cc1ccccc1. The lowest BCUT2D eigenvalue weighted by Crippen LogP contribution is -2.49. The molecule has 29 heavy (non-hydrogen) atoms. The Hall–Kier alpha value is -2.02. The van der Waals surface area contributed by atoms with Crippen LogP contribution in [0.3, 0.4) is 0 Å². The Morgan fingerprint density at radius 3 is 2.62 bits per heavy atom. The normalized spacial score (nSPS) is 24.0. The summed E-state index contributed by atoms with van der Waals surface area (Å²) in [5, 5.41) is 8.39. The van der Waals surface area contributed by atoms with Crippen LogP contribution in [0.1, 0.15) is 46.6 Å². The zero-order valence-electron chi connectivity index (χ0n) is 16.5. The molecule has 0 spiro atoms. The summed E-state index contributed by atoms with van der Waals surface area (Å²) in [5.41, 5.74) is 3.32. The number of hydrogen-bond acceptors (Lipinski definition) is 5. The number of carbonyl (C=O) groups is 1. The van der Waals surface area contributed by atoms with E-state index in [1.165, 1.54) is 29.7 Å². The van der Waals surface area contributed by atoms with Crippen LogP contribution < -0.4 is 5.32 Å². The van der Waals surface area contributed by atoms with Crippen LogP contribution in [0.2, 0.25) is 0 Å². The zero-order valence-corrected chi connectivity index (χ0v) is 18.1. The lowest BCUT2D eigenvalue weighted by Gasteiger charge is -2.39. The third-order valence-corrected chi connectivity index (χ3v) is 8.09. The maximum atomic E-state index is 13.0. The van der Waals surface area contributed by atoms with Gasteiger partial charge in [-0.3, -0.25) is 9.69 Å². The van der Waals surface area contributed by atoms with Gasteiger partial charge in [0.25, 0.3) is 5.91 Å². The number of benzene rings is 1. The molecular weight excluding hydrogens is 398 g/mol. The Bertz CT molecular complexity index is 969. The summed E-state index contributed by atoms with van der Waals surface area (Å²) < 4.78 is 0. The van der Waals surface area contributed by atoms with Crippen LogP contribution in [-0.4, -0.2) is 33.9 Å². The Morgan fingerprint density at radius 2 is 1.93 bits per heavy atom. The molecule has 1 aromatic carbocycles. The second-order valence-corrected chi connectivity index (χ2v) is 9.91. The molecule has 2 atom stereocenters. The first-order valence-corrected chi connectivity index (χ1v) is 12.0. The molecule has 5 rings (SSSR count). The van der Waals surface area contributed by atoms with Crippen molar-refractivity contribution < 1.29 is 4.79 Å². The summed E-state index contributed by atoms with van der Waals surface area (Å²) in [6.07, 6.45) is 4.58. The molecule has 6 heteroatoms. The van der Waals surface area contributed by atoms with Gasteiger partial charge in [0.1, 0.15) is 9.88 Å². The first-order chi connectivity index (χ1) is 14.2. The van der Waals surface area contributed by atoms with Crippen LogP contribution in [0.4, 0.5) is 0 Å². The fraction of sp³-hybridized carbons (Fsp3) is 0.391. The van der Waals surface area contributed by atoms with Crippen molar-refractivity contribution in [1.82, 2.24) is 15.2 Å². The summed E-state index contributed by atoms with van der Waals surface area (Å²) in [6, 6.07) is 14.2. The second kappa shape index (κ2) is 8.01. The van der Waals surface area contributed by atoms with Gasteiger partial charge in [-0.25, -0.2) is 4.98 Å². The third kappa shape index (κ3) is 3.89. The molecule has 4 heterocycles. The van der Waals surface area contributed by atoms with Gasteiger partial charge < -0.3 is 5.32 Å². The van der Waals surface area contributed by atoms with E-state index in [2.05, 4.69) is 57.0 Å². The molecular formula is C23H25N3OS2. The maximum Gasteiger partial charge on any atom is 0.263 e. The number of rotatable bonds is 5. The van der Waals surface area contributed by atoms with Crippen LogP contribution in [0.25, 0.3) is 10.6 Å². The summed E-state index contributed by atoms with van der Waals surface area (Å²) >= 11 is 3.16. The quantitative estimate of drug-likeness (QED) is 0.621. The van der Waals surface area contributed by atoms with E-state index in [1.54, 1.807) is 11.3 Å². The molecule has 3 aromatic rings. The first-order valence-electron chi connectivity index (χ1n) is 10.3. The number of thiophene rings is 1. The number of fused-ring (bicyclic) bond motifs is 2. The lowest BCUT2D eigenvalue weighted by molar-refractivity contribution is 0.0830. The van der Waals surface area contributed by atoms with E-state index in [4.69, 9.17) is 0 Å². The van der Waals surface area contributed by atoms with Gasteiger partial charge in [0.15, 0.2) is 0 Å². The number of aromatic nitrogens is 1. The lowest BCUT2D eigenvalue weighted by atomic mass is 9.96. The van der Waals surface area contributed by atoms with Gasteiger partial charge in [-0.05, 0) is 49.6 Å². The first kappa shape index (κ1) is 19.0. The number of aryl methyl sites for hydroxylation is 1. The molecule has 0 aliphatic carbocycles. The van der Waals surface area contributed by atoms with Crippen molar-refractivity contribution >= 4 is 28.6 Å². The number of nitrogens with one attached hydrogen (secondary N) is 1. The third-order valence-electron chi connectivity index (χ3n) is 6.20. The van der Waals surface area contributed by atoms with Gasteiger partial charge in [0.05, 0.1) is 5.69 Å². The number of hydrogen-bond donors (Lipinski definition) is 1. The maximum absolute atomic E-state index is 13.0. The van der Waals surface area contributed by atoms with Crippen LogP contribution in [0.15, 0.2) is 47.2 Å². The van der Waals surface area contributed by atoms with Crippen molar-refractivity contribution in [2.45, 2.75) is 57.3 Å². The van der Waals surface area contributed by atoms with Crippen molar-refractivity contribution in [1.29, 1.82) is 0 Å². The average Bonchev–Trinajstić information content (AvgIpc) is 3.42. The predicted molar refractivity (Wildman–Crippen MR) is 119 cm³/mol. The number of amides is 1. The highest BCUT2D eigenvalue weighted by atomic mass is 32.1. The highest BCUT2D eigenvalue weighted by Gasteiger charge is 2.41. The molecule has 2 aliphatic rings. The molecule has 150 valence electrons. The van der Waals surface area contributed by atoms with Gasteiger partial charge in [-0.15, -0.1) is 11.3 Å². The average molecular weight is 424 g/mol. The summed E-state index contributed by atoms with van der Waals surface area (Å²) in [5.74, 6) is 0.0439. The van der Waals surface area contributed by atoms with Crippen LogP contribution >= 0.6 is 22.7 Å². The molecule has 2 fully saturated rings. The van der Waals surface area contributed by atoms with E-state index in [0.717, 1.165) is 40.5 Å². The van der Waals surface area contributed by atoms with Crippen molar-refractivity contribution in [3.8, 4) is 10.6 Å². The van der Waals surface area contributed by atoms with Crippen LogP contribution in [0, 0.1) is 6.92 Å². The summed E-state index contributed by atoms with van der Waals surface area (Å²) in [7, 11) is 0. The number of carbonyl (C=O) groups excluding carboxylic acids is 1. The van der Waals surface area contributed by atoms with Crippen molar-refractivity contribution in [2.24, 2.45) is 0 Å². The van der Waals surface area contributed by atoms with Gasteiger partial charge >= 0.3 is 0 Å². The number of piperidine rings is 1. The Labute approximate surface area is 179 Å². The van der Waals surface area contributed by atoms with Gasteiger partial charge in [-0.1, -0.05) is 30.3 Å². The summed E-state index contributed by atoms with van der Waals surface area (Å²) in [6.45, 7) is 2.96. The zero-order chi connectivity index (χ0) is 19.8. The Balaban J connectivity index is 1.24. The van der Waals surface area contributed by atoms with E-state index in [9.17, 15) is 4.79 Å². The molecule has 2 bridgehead atoms. The molecule has 2 saturated heterocycles. The predicted octanol–water partition coefficient (Wildman–Crippen LogP) is 5.11. The Kier molecular flexibility index (Phi) is 5.24. The van der Waals surface area contributed by atoms with Crippen molar-refractivity contribution in [3.05, 3.63) is 63.3 Å². The molecule has 1 amide bonds. The largest absolute Gasteiger partial charge is 0.348 e. The summed E-state index contributed by atoms with van der Waals surface area (Å²) in [4.78, 5) is 21.0. The molecule has 2 aliphatic heterocycles. The highest BCUT2D eigenvalue weighted by Crippen LogP contribution is 2.37. The van der Waals surface area contributed by atoms with E-state index >= 15 is 0 Å². The topological polar surface area (TPSA) is 45.2 Å². The van der Waals surface area contributed by atoms with Crippen LogP contribution in [-0.2, 0) is 6.54 Å². The standard InChI is InChI=1S/C23H25N3OS2/c1-15-21(29-23(24-15)17-9-10-28-14-17)22(27)25-18-11-19-7-8-20(12-18)26(19)13-16-5-3-2-4-6-16/h2-6,9-10,14,18-20H,7-8,11-13H2,1H3,(H,25,27). The monoisotopic (exact) mass is 423 g/mol. The van der Waals surface area contributed by atoms with Crippen molar-refractivity contribution in [2.75, 3.05) is 0 Å². The minimum Gasteiger partial charge on any atom is -0.348 e. The van der Waals surface area contributed by atoms with E-state index in [-0.39, 0.29) is 11.9 Å². The van der Waals surface area contributed by atoms with Gasteiger partial charge in [-0.2, -0.15) is 11.3 Å². The molecule has 2 unspecified atom stereocenters. The molecule has 4 nitrogen and oxygen atoms in total. The van der Waals surface area contributed by atoms with Crippen molar-refractivity contribution in [3.63, 3.8) is 0 Å². The smallest absolute Gasteiger partial charge is 0.263 e. The minimum absolute atomic E-state index is 0.0439. The molecule has 2 aromatic heterocycles. The van der Waals surface area contributed by atoms with E-state index in [1.807, 2.05) is 12.3 Å². The number of thiazole rings is 1. The Morgan fingerprint density at radius 1 is 1.17 bits per heavy atom. The van der Waals surface area contributed by atoms with E-state index in [0.29, 0.717) is 12.1 Å². The number of nitrogens with zero attached hydrogens (tertiary/aromatic N) is 2. The van der Waals surface area contributed by atoms with Gasteiger partial charge in [0, 0.05) is 35.6 Å². The van der Waals surface area contributed by atoms with Crippen LogP contribution in [0.5, 0.6) is 0 Å². The van der Waals surface area contributed by atoms with Gasteiger partial charge in [0.2, 0.25) is 0 Å². The fourth-order valence-electron chi connectivity index (χ4n) is 4.81. The molecule has 0 saturated carbocycles. The fourth-order valence-corrected chi connectivity index (χ4v) is 6.49. The minimum atomic E-state index is 0.0439.